The highest BCUT2D eigenvalue weighted by atomic mass is 32.1. The van der Waals surface area contributed by atoms with Gasteiger partial charge in [-0.1, -0.05) is 72.8 Å². The summed E-state index contributed by atoms with van der Waals surface area (Å²) in [6.45, 7) is 0. The minimum Gasteiger partial charge on any atom is -0.349 e. The standard InChI is InChI=1S/C29H22N2OS/c1-30-25-17-8-7-15-24(25)29(32)31(21-12-3-2-4-13-21)28(30)27-19-18-26(33-27)23-16-9-11-20-10-5-6-14-22(20)23/h2-19,28H,1H3. The zero-order chi connectivity index (χ0) is 22.4. The highest BCUT2D eigenvalue weighted by molar-refractivity contribution is 7.15. The number of rotatable bonds is 3. The van der Waals surface area contributed by atoms with Crippen LogP contribution in [0.4, 0.5) is 11.4 Å². The normalized spacial score (nSPS) is 15.7. The van der Waals surface area contributed by atoms with Gasteiger partial charge in [0.25, 0.3) is 5.91 Å². The van der Waals surface area contributed by atoms with E-state index in [0.29, 0.717) is 0 Å². The lowest BCUT2D eigenvalue weighted by molar-refractivity contribution is 0.0970. The molecule has 0 spiro atoms. The van der Waals surface area contributed by atoms with Crippen molar-refractivity contribution in [2.45, 2.75) is 6.17 Å². The first-order chi connectivity index (χ1) is 16.2. The molecule has 160 valence electrons. The molecule has 3 nitrogen and oxygen atoms in total. The Balaban J connectivity index is 1.50. The number of carbonyl (C=O) groups is 1. The second-order valence-electron chi connectivity index (χ2n) is 8.24. The lowest BCUT2D eigenvalue weighted by atomic mass is 10.0. The van der Waals surface area contributed by atoms with Crippen molar-refractivity contribution in [1.29, 1.82) is 0 Å². The number of benzene rings is 4. The van der Waals surface area contributed by atoms with Crippen LogP contribution in [0.5, 0.6) is 0 Å². The van der Waals surface area contributed by atoms with Gasteiger partial charge in [0.15, 0.2) is 0 Å². The molecule has 0 aliphatic carbocycles. The summed E-state index contributed by atoms with van der Waals surface area (Å²) in [7, 11) is 2.07. The zero-order valence-corrected chi connectivity index (χ0v) is 19.0. The van der Waals surface area contributed by atoms with Crippen LogP contribution in [-0.2, 0) is 0 Å². The fraction of sp³-hybridized carbons (Fsp3) is 0.0690. The molecule has 2 heterocycles. The predicted octanol–water partition coefficient (Wildman–Crippen LogP) is 7.36. The second-order valence-corrected chi connectivity index (χ2v) is 9.36. The van der Waals surface area contributed by atoms with Gasteiger partial charge < -0.3 is 4.90 Å². The Hall–Kier alpha value is -3.89. The Labute approximate surface area is 197 Å². The number of nitrogens with zero attached hydrogens (tertiary/aromatic N) is 2. The zero-order valence-electron chi connectivity index (χ0n) is 18.2. The van der Waals surface area contributed by atoms with E-state index in [0.717, 1.165) is 21.8 Å². The molecule has 0 saturated carbocycles. The van der Waals surface area contributed by atoms with Crippen LogP contribution in [0.2, 0.25) is 0 Å². The Morgan fingerprint density at radius 3 is 2.27 bits per heavy atom. The van der Waals surface area contributed by atoms with Crippen LogP contribution in [-0.4, -0.2) is 13.0 Å². The quantitative estimate of drug-likeness (QED) is 0.289. The van der Waals surface area contributed by atoms with Gasteiger partial charge in [-0.2, -0.15) is 0 Å². The van der Waals surface area contributed by atoms with Crippen LogP contribution >= 0.6 is 11.3 Å². The van der Waals surface area contributed by atoms with Crippen molar-refractivity contribution in [2.24, 2.45) is 0 Å². The number of amides is 1. The summed E-state index contributed by atoms with van der Waals surface area (Å²) >= 11 is 1.75. The van der Waals surface area contributed by atoms with E-state index < -0.39 is 0 Å². The first-order valence-electron chi connectivity index (χ1n) is 11.0. The summed E-state index contributed by atoms with van der Waals surface area (Å²) in [5.74, 6) is 0.0278. The largest absolute Gasteiger partial charge is 0.349 e. The molecule has 1 amide bonds. The third-order valence-corrected chi connectivity index (χ3v) is 7.47. The number of fused-ring (bicyclic) bond motifs is 2. The lowest BCUT2D eigenvalue weighted by Gasteiger charge is -2.43. The van der Waals surface area contributed by atoms with Crippen LogP contribution in [0.15, 0.2) is 109 Å². The van der Waals surface area contributed by atoms with Crippen LogP contribution in [0, 0.1) is 0 Å². The molecule has 4 heteroatoms. The van der Waals surface area contributed by atoms with Crippen molar-refractivity contribution < 1.29 is 4.79 Å². The molecule has 0 fully saturated rings. The maximum absolute atomic E-state index is 13.7. The number of hydrogen-bond acceptors (Lipinski definition) is 3. The fourth-order valence-corrected chi connectivity index (χ4v) is 5.93. The van der Waals surface area contributed by atoms with E-state index in [4.69, 9.17) is 0 Å². The van der Waals surface area contributed by atoms with E-state index in [-0.39, 0.29) is 12.1 Å². The summed E-state index contributed by atoms with van der Waals surface area (Å²) in [5, 5.41) is 2.47. The predicted molar refractivity (Wildman–Crippen MR) is 138 cm³/mol. The summed E-state index contributed by atoms with van der Waals surface area (Å²) in [4.78, 5) is 20.2. The van der Waals surface area contributed by atoms with Gasteiger partial charge in [-0.15, -0.1) is 11.3 Å². The number of para-hydroxylation sites is 2. The summed E-state index contributed by atoms with van der Waals surface area (Å²) in [6, 6.07) is 37.1. The third-order valence-electron chi connectivity index (χ3n) is 6.32. The minimum absolute atomic E-state index is 0.0278. The molecule has 1 aliphatic heterocycles. The van der Waals surface area contributed by atoms with Crippen LogP contribution in [0.1, 0.15) is 21.4 Å². The molecule has 0 saturated heterocycles. The SMILES string of the molecule is CN1c2ccccc2C(=O)N(c2ccccc2)C1c1ccc(-c2cccc3ccccc23)s1. The molecular formula is C29H22N2OS. The molecule has 5 aromatic rings. The van der Waals surface area contributed by atoms with Crippen molar-refractivity contribution in [3.63, 3.8) is 0 Å². The van der Waals surface area contributed by atoms with Crippen LogP contribution in [0.3, 0.4) is 0 Å². The number of thiophene rings is 1. The van der Waals surface area contributed by atoms with Gasteiger partial charge in [0.2, 0.25) is 0 Å². The maximum atomic E-state index is 13.7. The second kappa shape index (κ2) is 7.91. The molecule has 0 radical (unpaired) electrons. The first kappa shape index (κ1) is 19.8. The lowest BCUT2D eigenvalue weighted by Crippen LogP contribution is -2.47. The average Bonchev–Trinajstić information content (AvgIpc) is 3.36. The highest BCUT2D eigenvalue weighted by Gasteiger charge is 2.38. The molecule has 4 aromatic carbocycles. The summed E-state index contributed by atoms with van der Waals surface area (Å²) in [6.07, 6.45) is -0.219. The molecule has 1 atom stereocenters. The van der Waals surface area contributed by atoms with Crippen molar-refractivity contribution in [1.82, 2.24) is 0 Å². The molecule has 1 aliphatic rings. The topological polar surface area (TPSA) is 23.6 Å². The molecule has 0 bridgehead atoms. The van der Waals surface area contributed by atoms with Gasteiger partial charge in [-0.3, -0.25) is 9.69 Å². The van der Waals surface area contributed by atoms with Crippen molar-refractivity contribution in [3.8, 4) is 10.4 Å². The monoisotopic (exact) mass is 446 g/mol. The summed E-state index contributed by atoms with van der Waals surface area (Å²) < 4.78 is 0. The van der Waals surface area contributed by atoms with Gasteiger partial charge in [0.05, 0.1) is 11.3 Å². The molecular weight excluding hydrogens is 424 g/mol. The van der Waals surface area contributed by atoms with Gasteiger partial charge in [0, 0.05) is 22.5 Å². The van der Waals surface area contributed by atoms with E-state index in [1.165, 1.54) is 21.2 Å². The molecule has 33 heavy (non-hydrogen) atoms. The number of carbonyl (C=O) groups excluding carboxylic acids is 1. The molecule has 6 rings (SSSR count). The minimum atomic E-state index is -0.219. The first-order valence-corrected chi connectivity index (χ1v) is 11.8. The van der Waals surface area contributed by atoms with Gasteiger partial charge in [-0.05, 0) is 52.7 Å². The van der Waals surface area contributed by atoms with E-state index in [1.54, 1.807) is 11.3 Å². The Kier molecular flexibility index (Phi) is 4.74. The maximum Gasteiger partial charge on any atom is 0.262 e. The average molecular weight is 447 g/mol. The Morgan fingerprint density at radius 2 is 1.39 bits per heavy atom. The smallest absolute Gasteiger partial charge is 0.262 e. The Bertz CT molecular complexity index is 1470. The summed E-state index contributed by atoms with van der Waals surface area (Å²) in [5.41, 5.74) is 3.81. The van der Waals surface area contributed by atoms with Crippen LogP contribution in [0.25, 0.3) is 21.2 Å². The molecule has 0 N–H and O–H groups in total. The van der Waals surface area contributed by atoms with Gasteiger partial charge in [0.1, 0.15) is 6.17 Å². The number of hydrogen-bond donors (Lipinski definition) is 0. The van der Waals surface area contributed by atoms with Gasteiger partial charge >= 0.3 is 0 Å². The fourth-order valence-electron chi connectivity index (χ4n) is 4.75. The van der Waals surface area contributed by atoms with E-state index >= 15 is 0 Å². The third kappa shape index (κ3) is 3.22. The van der Waals surface area contributed by atoms with E-state index in [2.05, 4.69) is 66.5 Å². The van der Waals surface area contributed by atoms with Crippen molar-refractivity contribution in [2.75, 3.05) is 16.8 Å². The van der Waals surface area contributed by atoms with Crippen LogP contribution < -0.4 is 9.80 Å². The number of anilines is 2. The van der Waals surface area contributed by atoms with Crippen molar-refractivity contribution in [3.05, 3.63) is 120 Å². The Morgan fingerprint density at radius 1 is 0.697 bits per heavy atom. The van der Waals surface area contributed by atoms with Gasteiger partial charge in [-0.25, -0.2) is 0 Å². The molecule has 1 unspecified atom stereocenters. The van der Waals surface area contributed by atoms with E-state index in [9.17, 15) is 4.79 Å². The molecule has 1 aromatic heterocycles. The van der Waals surface area contributed by atoms with E-state index in [1.807, 2.05) is 59.5 Å². The van der Waals surface area contributed by atoms with Crippen molar-refractivity contribution >= 4 is 39.4 Å². The highest BCUT2D eigenvalue weighted by Crippen LogP contribution is 2.44.